The van der Waals surface area contributed by atoms with Gasteiger partial charge >= 0.3 is 0 Å². The van der Waals surface area contributed by atoms with Crippen LogP contribution in [0.1, 0.15) is 36.0 Å². The average Bonchev–Trinajstić information content (AvgIpc) is 3.86. The van der Waals surface area contributed by atoms with Crippen molar-refractivity contribution in [3.8, 4) is 11.6 Å². The van der Waals surface area contributed by atoms with Crippen LogP contribution in [0.3, 0.4) is 0 Å². The molecule has 3 aromatic rings. The second kappa shape index (κ2) is 15.5. The van der Waals surface area contributed by atoms with Crippen LogP contribution >= 0.6 is 34.8 Å². The number of benzene rings is 2. The molecule has 240 valence electrons. The van der Waals surface area contributed by atoms with E-state index in [4.69, 9.17) is 49.0 Å². The van der Waals surface area contributed by atoms with Crippen molar-refractivity contribution in [3.05, 3.63) is 80.4 Å². The first kappa shape index (κ1) is 33.3. The zero-order chi connectivity index (χ0) is 31.9. The molecule has 1 saturated carbocycles. The fourth-order valence-electron chi connectivity index (χ4n) is 5.38. The average molecular weight is 676 g/mol. The minimum Gasteiger partial charge on any atom is -0.487 e. The Morgan fingerprint density at radius 1 is 1.02 bits per heavy atom. The number of nitrogens with zero attached hydrogens (tertiary/aromatic N) is 3. The topological polar surface area (TPSA) is 93.2 Å². The molecule has 1 atom stereocenters. The summed E-state index contributed by atoms with van der Waals surface area (Å²) < 4.78 is 16.6. The van der Waals surface area contributed by atoms with E-state index in [2.05, 4.69) is 16.4 Å². The van der Waals surface area contributed by atoms with Crippen molar-refractivity contribution in [2.24, 2.45) is 0 Å². The number of halogens is 3. The molecule has 2 aliphatic rings. The third kappa shape index (κ3) is 8.60. The maximum atomic E-state index is 14.1. The number of rotatable bonds is 14. The predicted octanol–water partition coefficient (Wildman–Crippen LogP) is 5.88. The van der Waals surface area contributed by atoms with Crippen LogP contribution < -0.4 is 19.7 Å². The molecule has 0 spiro atoms. The lowest BCUT2D eigenvalue weighted by molar-refractivity contribution is -0.136. The summed E-state index contributed by atoms with van der Waals surface area (Å²) in [4.78, 5) is 35.1. The molecule has 1 aliphatic carbocycles. The Morgan fingerprint density at radius 2 is 1.78 bits per heavy atom. The largest absolute Gasteiger partial charge is 0.487 e. The summed E-state index contributed by atoms with van der Waals surface area (Å²) in [6, 6.07) is 12.3. The van der Waals surface area contributed by atoms with Crippen LogP contribution in [-0.2, 0) is 27.3 Å². The van der Waals surface area contributed by atoms with Gasteiger partial charge in [0, 0.05) is 43.9 Å². The van der Waals surface area contributed by atoms with Gasteiger partial charge in [-0.15, -0.1) is 0 Å². The molecule has 9 nitrogen and oxygen atoms in total. The summed E-state index contributed by atoms with van der Waals surface area (Å²) in [6.07, 6.45) is 5.15. The number of carbonyl (C=O) groups excluding carboxylic acids is 2. The Hall–Kier alpha value is -3.08. The summed E-state index contributed by atoms with van der Waals surface area (Å²) in [5.41, 5.74) is 3.50. The van der Waals surface area contributed by atoms with Crippen LogP contribution in [0.15, 0.2) is 48.7 Å². The molecule has 2 heterocycles. The summed E-state index contributed by atoms with van der Waals surface area (Å²) in [7, 11) is 1.69. The molecule has 1 saturated heterocycles. The van der Waals surface area contributed by atoms with Gasteiger partial charge < -0.3 is 24.4 Å². The first-order valence-electron chi connectivity index (χ1n) is 15.0. The Balaban J connectivity index is 1.24. The highest BCUT2D eigenvalue weighted by Crippen LogP contribution is 2.34. The number of ether oxygens (including phenoxy) is 3. The minimum absolute atomic E-state index is 0.116. The van der Waals surface area contributed by atoms with Crippen molar-refractivity contribution >= 4 is 52.3 Å². The van der Waals surface area contributed by atoms with Gasteiger partial charge in [-0.25, -0.2) is 4.98 Å². The lowest BCUT2D eigenvalue weighted by Crippen LogP contribution is -2.61. The number of hydrogen-bond donors (Lipinski definition) is 1. The van der Waals surface area contributed by atoms with Crippen LogP contribution in [0.25, 0.3) is 0 Å². The molecule has 2 aromatic carbocycles. The minimum atomic E-state index is -0.721. The third-order valence-electron chi connectivity index (χ3n) is 7.74. The maximum Gasteiger partial charge on any atom is 0.247 e. The van der Waals surface area contributed by atoms with E-state index < -0.39 is 6.04 Å². The number of pyridine rings is 1. The molecule has 2 amide bonds. The lowest BCUT2D eigenvalue weighted by Gasteiger charge is -2.38. The summed E-state index contributed by atoms with van der Waals surface area (Å²) in [5, 5.41) is 4.59. The monoisotopic (exact) mass is 674 g/mol. The molecule has 2 fully saturated rings. The first-order chi connectivity index (χ1) is 21.7. The number of aromatic nitrogens is 1. The van der Waals surface area contributed by atoms with Crippen molar-refractivity contribution < 1.29 is 23.8 Å². The number of nitrogens with one attached hydrogen (secondary N) is 1. The van der Waals surface area contributed by atoms with Crippen LogP contribution in [0.2, 0.25) is 15.1 Å². The number of carbonyl (C=O) groups is 2. The van der Waals surface area contributed by atoms with Crippen molar-refractivity contribution in [1.29, 1.82) is 0 Å². The van der Waals surface area contributed by atoms with Gasteiger partial charge in [0.2, 0.25) is 17.7 Å². The van der Waals surface area contributed by atoms with Gasteiger partial charge in [0.1, 0.15) is 19.3 Å². The van der Waals surface area contributed by atoms with Crippen molar-refractivity contribution in [2.75, 3.05) is 44.9 Å². The summed E-state index contributed by atoms with van der Waals surface area (Å²) >= 11 is 19.1. The Bertz CT molecular complexity index is 1480. The molecule has 0 radical (unpaired) electrons. The van der Waals surface area contributed by atoms with E-state index >= 15 is 0 Å². The fourth-order valence-corrected chi connectivity index (χ4v) is 6.26. The summed E-state index contributed by atoms with van der Waals surface area (Å²) in [5.74, 6) is 0.434. The van der Waals surface area contributed by atoms with Gasteiger partial charge in [0.05, 0.1) is 28.5 Å². The number of amides is 2. The van der Waals surface area contributed by atoms with Crippen molar-refractivity contribution in [1.82, 2.24) is 15.2 Å². The van der Waals surface area contributed by atoms with E-state index in [-0.39, 0.29) is 37.6 Å². The van der Waals surface area contributed by atoms with E-state index in [0.717, 1.165) is 42.4 Å². The Morgan fingerprint density at radius 3 is 2.47 bits per heavy atom. The number of aryl methyl sites for hydroxylation is 2. The van der Waals surface area contributed by atoms with Crippen LogP contribution in [0.4, 0.5) is 5.69 Å². The van der Waals surface area contributed by atoms with Gasteiger partial charge in [-0.1, -0.05) is 46.9 Å². The zero-order valence-corrected chi connectivity index (χ0v) is 27.6. The van der Waals surface area contributed by atoms with Gasteiger partial charge in [-0.3, -0.25) is 14.5 Å². The highest BCUT2D eigenvalue weighted by atomic mass is 35.5. The van der Waals surface area contributed by atoms with Crippen molar-refractivity contribution in [2.45, 2.75) is 51.2 Å². The van der Waals surface area contributed by atoms with Gasteiger partial charge in [-0.05, 0) is 73.6 Å². The first-order valence-corrected chi connectivity index (χ1v) is 16.2. The highest BCUT2D eigenvalue weighted by Gasteiger charge is 2.41. The maximum absolute atomic E-state index is 14.1. The zero-order valence-electron chi connectivity index (χ0n) is 25.4. The molecule has 0 bridgehead atoms. The molecule has 45 heavy (non-hydrogen) atoms. The number of anilines is 1. The lowest BCUT2D eigenvalue weighted by atomic mass is 10.0. The van der Waals surface area contributed by atoms with E-state index in [9.17, 15) is 9.59 Å². The smallest absolute Gasteiger partial charge is 0.247 e. The molecule has 0 unspecified atom stereocenters. The molecule has 5 rings (SSSR count). The van der Waals surface area contributed by atoms with Gasteiger partial charge in [0.15, 0.2) is 5.75 Å². The van der Waals surface area contributed by atoms with E-state index in [0.29, 0.717) is 52.1 Å². The molecule has 1 aliphatic heterocycles. The van der Waals surface area contributed by atoms with Crippen LogP contribution in [0, 0.1) is 6.92 Å². The van der Waals surface area contributed by atoms with Gasteiger partial charge in [0.25, 0.3) is 0 Å². The Labute approximate surface area is 278 Å². The number of hydrogen-bond acceptors (Lipinski definition) is 7. The quantitative estimate of drug-likeness (QED) is 0.213. The SMILES string of the molecule is COCCCc1ccc(Cl)c(CN(C(=O)[C@H]2CNCC(=O)N2c2ccc(OCCOc3c(Cl)cc(C)cc3Cl)nc2)C2CC2)c1. The van der Waals surface area contributed by atoms with E-state index in [1.807, 2.05) is 24.0 Å². The molecule has 12 heteroatoms. The molecular formula is C33H37Cl3N4O5. The number of piperazine rings is 1. The standard InChI is InChI=1S/C33H37Cl3N4O5/c1-21-14-27(35)32(28(36)15-21)45-13-12-44-30-10-8-25(17-38-30)40-29(18-37-19-31(40)41)33(42)39(24-6-7-24)20-23-16-22(4-3-11-43-2)5-9-26(23)34/h5,8-10,14-17,24,29,37H,3-4,6-7,11-13,18-20H2,1-2H3/t29-/m1/s1. The van der Waals surface area contributed by atoms with Gasteiger partial charge in [-0.2, -0.15) is 0 Å². The second-order valence-corrected chi connectivity index (χ2v) is 12.5. The van der Waals surface area contributed by atoms with E-state index in [1.54, 1.807) is 37.6 Å². The van der Waals surface area contributed by atoms with Crippen LogP contribution in [0.5, 0.6) is 11.6 Å². The van der Waals surface area contributed by atoms with E-state index in [1.165, 1.54) is 4.90 Å². The molecule has 1 aromatic heterocycles. The fraction of sp³-hybridized carbons (Fsp3) is 0.424. The Kier molecular flexibility index (Phi) is 11.4. The second-order valence-electron chi connectivity index (χ2n) is 11.2. The highest BCUT2D eigenvalue weighted by molar-refractivity contribution is 6.37. The third-order valence-corrected chi connectivity index (χ3v) is 8.67. The molecular weight excluding hydrogens is 639 g/mol. The normalized spacial score (nSPS) is 16.5. The molecule has 1 N–H and O–H groups in total. The van der Waals surface area contributed by atoms with Crippen LogP contribution in [-0.4, -0.2) is 73.8 Å². The number of methoxy groups -OCH3 is 1. The van der Waals surface area contributed by atoms with Crippen molar-refractivity contribution in [3.63, 3.8) is 0 Å². The summed E-state index contributed by atoms with van der Waals surface area (Å²) in [6.45, 7) is 3.82. The predicted molar refractivity (Wildman–Crippen MR) is 176 cm³/mol.